The Morgan fingerprint density at radius 2 is 2.16 bits per heavy atom. The van der Waals surface area contributed by atoms with Gasteiger partial charge in [-0.2, -0.15) is 5.16 Å². The zero-order valence-electron chi connectivity index (χ0n) is 13.5. The summed E-state index contributed by atoms with van der Waals surface area (Å²) in [5.74, 6) is 0.401. The van der Waals surface area contributed by atoms with E-state index in [0.29, 0.717) is 30.9 Å². The van der Waals surface area contributed by atoms with Gasteiger partial charge in [-0.3, -0.25) is 9.59 Å². The number of hydrogen-bond donors (Lipinski definition) is 2. The Morgan fingerprint density at radius 3 is 2.84 bits per heavy atom. The molecule has 8 heteroatoms. The van der Waals surface area contributed by atoms with Crippen molar-refractivity contribution in [3.63, 3.8) is 0 Å². The molecule has 0 aliphatic carbocycles. The van der Waals surface area contributed by atoms with Crippen molar-refractivity contribution in [2.45, 2.75) is 24.9 Å². The third kappa shape index (κ3) is 4.48. The summed E-state index contributed by atoms with van der Waals surface area (Å²) in [6.45, 7) is 0.623. The smallest absolute Gasteiger partial charge is 0.280 e. The lowest BCUT2D eigenvalue weighted by Gasteiger charge is -2.23. The van der Waals surface area contributed by atoms with Gasteiger partial charge in [0.2, 0.25) is 5.91 Å². The molecule has 25 heavy (non-hydrogen) atoms. The van der Waals surface area contributed by atoms with Crippen molar-refractivity contribution in [1.29, 1.82) is 0 Å². The summed E-state index contributed by atoms with van der Waals surface area (Å²) in [5.41, 5.74) is -1.47. The fourth-order valence-electron chi connectivity index (χ4n) is 2.77. The Morgan fingerprint density at radius 1 is 1.40 bits per heavy atom. The number of carbonyl (C=O) groups is 1. The summed E-state index contributed by atoms with van der Waals surface area (Å²) in [4.78, 5) is 24.8. The van der Waals surface area contributed by atoms with Crippen LogP contribution in [0.15, 0.2) is 39.6 Å². The lowest BCUT2D eigenvalue weighted by atomic mass is 10.1. The minimum Gasteiger partial charge on any atom is -0.491 e. The van der Waals surface area contributed by atoms with Crippen LogP contribution >= 0.6 is 0 Å². The van der Waals surface area contributed by atoms with Gasteiger partial charge in [-0.15, -0.1) is 0 Å². The van der Waals surface area contributed by atoms with Crippen molar-refractivity contribution < 1.29 is 23.6 Å². The molecule has 1 amide bonds. The number of benzene rings is 1. The molecule has 1 atom stereocenters. The molecule has 1 aromatic heterocycles. The fourth-order valence-corrected chi connectivity index (χ4v) is 2.77. The largest absolute Gasteiger partial charge is 0.491 e. The number of carbonyl (C=O) groups excluding carboxylic acids is 1. The van der Waals surface area contributed by atoms with Crippen molar-refractivity contribution >= 4 is 5.91 Å². The molecule has 1 unspecified atom stereocenters. The standard InChI is InChI=1S/C17H19FN2O5/c18-12-1-3-13(4-2-12)24-11-17(23)7-8-20(10-17)16(22)6-5-14-9-15(21)19-25-14/h1-4,9,23H,5-8,10-11H2,(H,19,21). The van der Waals surface area contributed by atoms with Crippen LogP contribution in [0.1, 0.15) is 18.6 Å². The first kappa shape index (κ1) is 17.2. The molecule has 3 rings (SSSR count). The van der Waals surface area contributed by atoms with E-state index in [0.717, 1.165) is 0 Å². The van der Waals surface area contributed by atoms with Gasteiger partial charge in [-0.1, -0.05) is 0 Å². The normalized spacial score (nSPS) is 20.0. The van der Waals surface area contributed by atoms with Crippen LogP contribution in [0.3, 0.4) is 0 Å². The number of aliphatic hydroxyl groups is 1. The Hall–Kier alpha value is -2.61. The number of ether oxygens (including phenoxy) is 1. The molecule has 2 heterocycles. The number of rotatable bonds is 6. The second-order valence-electron chi connectivity index (χ2n) is 6.21. The number of aryl methyl sites for hydroxylation is 1. The molecular formula is C17H19FN2O5. The average molecular weight is 350 g/mol. The molecule has 0 saturated carbocycles. The maximum atomic E-state index is 12.9. The highest BCUT2D eigenvalue weighted by atomic mass is 19.1. The quantitative estimate of drug-likeness (QED) is 0.813. The zero-order chi connectivity index (χ0) is 17.9. The van der Waals surface area contributed by atoms with E-state index in [9.17, 15) is 19.1 Å². The molecule has 1 aliphatic rings. The first-order chi connectivity index (χ1) is 11.9. The maximum absolute atomic E-state index is 12.9. The van der Waals surface area contributed by atoms with E-state index in [1.165, 1.54) is 30.3 Å². The van der Waals surface area contributed by atoms with Gasteiger partial charge in [-0.05, 0) is 30.7 Å². The minimum absolute atomic E-state index is 0.0229. The van der Waals surface area contributed by atoms with Crippen LogP contribution in [-0.2, 0) is 11.2 Å². The Kier molecular flexibility index (Phi) is 4.89. The van der Waals surface area contributed by atoms with Gasteiger partial charge in [0.25, 0.3) is 5.56 Å². The lowest BCUT2D eigenvalue weighted by Crippen LogP contribution is -2.40. The van der Waals surface area contributed by atoms with Gasteiger partial charge < -0.3 is 19.3 Å². The third-order valence-corrected chi connectivity index (χ3v) is 4.17. The summed E-state index contributed by atoms with van der Waals surface area (Å²) in [6.07, 6.45) is 0.910. The predicted molar refractivity (Wildman–Crippen MR) is 85.7 cm³/mol. The number of β-amino-alcohol motifs (C(OH)–C–C–N with tert-alkyl or cyclic N) is 1. The molecule has 1 aromatic carbocycles. The number of aromatic nitrogens is 1. The van der Waals surface area contributed by atoms with E-state index in [2.05, 4.69) is 5.16 Å². The van der Waals surface area contributed by atoms with E-state index in [1.54, 1.807) is 4.90 Å². The molecule has 134 valence electrons. The average Bonchev–Trinajstić information content (AvgIpc) is 3.19. The summed E-state index contributed by atoms with van der Waals surface area (Å²) >= 11 is 0. The van der Waals surface area contributed by atoms with Gasteiger partial charge >= 0.3 is 0 Å². The highest BCUT2D eigenvalue weighted by Gasteiger charge is 2.38. The van der Waals surface area contributed by atoms with Crippen LogP contribution in [0.25, 0.3) is 0 Å². The number of amides is 1. The fraction of sp³-hybridized carbons (Fsp3) is 0.412. The van der Waals surface area contributed by atoms with Crippen molar-refractivity contribution in [1.82, 2.24) is 10.1 Å². The minimum atomic E-state index is -1.13. The van der Waals surface area contributed by atoms with Gasteiger partial charge in [0.05, 0.1) is 6.54 Å². The monoisotopic (exact) mass is 350 g/mol. The molecule has 2 aromatic rings. The SMILES string of the molecule is O=C(CCc1cc(=O)[nH]o1)N1CCC(O)(COc2ccc(F)cc2)C1. The number of likely N-dealkylation sites (tertiary alicyclic amines) is 1. The van der Waals surface area contributed by atoms with Crippen LogP contribution < -0.4 is 10.3 Å². The van der Waals surface area contributed by atoms with Gasteiger partial charge in [-0.25, -0.2) is 4.39 Å². The van der Waals surface area contributed by atoms with Crippen molar-refractivity contribution in [2.75, 3.05) is 19.7 Å². The number of nitrogens with one attached hydrogen (secondary N) is 1. The number of aromatic amines is 1. The van der Waals surface area contributed by atoms with Gasteiger partial charge in [0, 0.05) is 25.5 Å². The summed E-state index contributed by atoms with van der Waals surface area (Å²) in [5, 5.41) is 12.7. The molecule has 0 spiro atoms. The molecule has 0 bridgehead atoms. The maximum Gasteiger partial charge on any atom is 0.280 e. The number of hydrogen-bond acceptors (Lipinski definition) is 5. The summed E-state index contributed by atoms with van der Waals surface area (Å²) in [7, 11) is 0. The van der Waals surface area contributed by atoms with Gasteiger partial charge in [0.15, 0.2) is 0 Å². The van der Waals surface area contributed by atoms with Crippen LogP contribution in [0.4, 0.5) is 4.39 Å². The second-order valence-corrected chi connectivity index (χ2v) is 6.21. The Balaban J connectivity index is 1.48. The van der Waals surface area contributed by atoms with Crippen molar-refractivity contribution in [3.8, 4) is 5.75 Å². The molecule has 1 fully saturated rings. The van der Waals surface area contributed by atoms with Crippen LogP contribution in [0.5, 0.6) is 5.75 Å². The summed E-state index contributed by atoms with van der Waals surface area (Å²) in [6, 6.07) is 6.85. The van der Waals surface area contributed by atoms with E-state index in [-0.39, 0.29) is 36.9 Å². The molecule has 2 N–H and O–H groups in total. The van der Waals surface area contributed by atoms with E-state index < -0.39 is 5.60 Å². The number of H-pyrrole nitrogens is 1. The Labute approximate surface area is 143 Å². The predicted octanol–water partition coefficient (Wildman–Crippen LogP) is 1.08. The third-order valence-electron chi connectivity index (χ3n) is 4.17. The van der Waals surface area contributed by atoms with Crippen LogP contribution in [-0.4, -0.2) is 46.4 Å². The molecule has 0 radical (unpaired) electrons. The van der Waals surface area contributed by atoms with E-state index in [4.69, 9.17) is 9.26 Å². The topological polar surface area (TPSA) is 95.8 Å². The van der Waals surface area contributed by atoms with Gasteiger partial charge in [0.1, 0.15) is 29.5 Å². The molecule has 1 aliphatic heterocycles. The molecule has 7 nitrogen and oxygen atoms in total. The first-order valence-corrected chi connectivity index (χ1v) is 7.99. The van der Waals surface area contributed by atoms with E-state index >= 15 is 0 Å². The summed E-state index contributed by atoms with van der Waals surface area (Å²) < 4.78 is 23.3. The lowest BCUT2D eigenvalue weighted by molar-refractivity contribution is -0.131. The number of nitrogens with zero attached hydrogens (tertiary/aromatic N) is 1. The molecular weight excluding hydrogens is 331 g/mol. The first-order valence-electron chi connectivity index (χ1n) is 7.99. The molecule has 1 saturated heterocycles. The van der Waals surface area contributed by atoms with Crippen molar-refractivity contribution in [3.05, 3.63) is 52.3 Å². The van der Waals surface area contributed by atoms with E-state index in [1.807, 2.05) is 0 Å². The highest BCUT2D eigenvalue weighted by molar-refractivity contribution is 5.76. The highest BCUT2D eigenvalue weighted by Crippen LogP contribution is 2.24. The second kappa shape index (κ2) is 7.10. The Bertz CT molecular complexity index is 785. The zero-order valence-corrected chi connectivity index (χ0v) is 13.5. The van der Waals surface area contributed by atoms with Crippen LogP contribution in [0, 0.1) is 5.82 Å². The van der Waals surface area contributed by atoms with Crippen LogP contribution in [0.2, 0.25) is 0 Å². The number of halogens is 1. The van der Waals surface area contributed by atoms with Crippen molar-refractivity contribution in [2.24, 2.45) is 0 Å².